The largest absolute Gasteiger partial charge is 0.355 e. The zero-order chi connectivity index (χ0) is 20.3. The summed E-state index contributed by atoms with van der Waals surface area (Å²) in [5.41, 5.74) is 0.644. The maximum atomic E-state index is 12.7. The number of likely N-dealkylation sites (tertiary alicyclic amines) is 1. The van der Waals surface area contributed by atoms with E-state index in [0.29, 0.717) is 23.9 Å². The smallest absolute Gasteiger partial charge is 0.285 e. The third kappa shape index (κ3) is 4.74. The lowest BCUT2D eigenvalue weighted by Crippen LogP contribution is -2.47. The molecule has 0 aromatic heterocycles. The molecule has 0 radical (unpaired) electrons. The van der Waals surface area contributed by atoms with E-state index in [1.54, 1.807) is 18.2 Å². The molecule has 1 N–H and O–H groups in total. The number of hydrogen-bond acceptors (Lipinski definition) is 4. The Kier molecular flexibility index (Phi) is 6.43. The highest BCUT2D eigenvalue weighted by atomic mass is 32.2. The number of amides is 1. The van der Waals surface area contributed by atoms with Crippen LogP contribution in [0.25, 0.3) is 0 Å². The topological polar surface area (TPSA) is 78.8 Å². The van der Waals surface area contributed by atoms with E-state index >= 15 is 0 Å². The number of carbonyl (C=O) groups excluding carboxylic acids is 1. The molecule has 6 nitrogen and oxygen atoms in total. The monoisotopic (exact) mass is 405 g/mol. The highest BCUT2D eigenvalue weighted by molar-refractivity contribution is 7.90. The minimum atomic E-state index is -3.63. The van der Waals surface area contributed by atoms with Crippen LogP contribution >= 0.6 is 0 Å². The predicted octanol–water partition coefficient (Wildman–Crippen LogP) is 3.18. The Morgan fingerprint density at radius 3 is 2.75 bits per heavy atom. The summed E-state index contributed by atoms with van der Waals surface area (Å²) in [6, 6.07) is 7.07. The Bertz CT molecular complexity index is 848. The van der Waals surface area contributed by atoms with Gasteiger partial charge in [0, 0.05) is 24.7 Å². The van der Waals surface area contributed by atoms with Gasteiger partial charge in [0.25, 0.3) is 10.0 Å². The first-order valence-electron chi connectivity index (χ1n) is 10.3. The molecule has 2 unspecified atom stereocenters. The minimum Gasteiger partial charge on any atom is -0.355 e. The van der Waals surface area contributed by atoms with Gasteiger partial charge in [0.2, 0.25) is 5.91 Å². The van der Waals surface area contributed by atoms with Crippen LogP contribution in [0.4, 0.5) is 0 Å². The third-order valence-corrected chi connectivity index (χ3v) is 6.84. The average molecular weight is 406 g/mol. The molecule has 0 bridgehead atoms. The number of nitrogens with one attached hydrogen (secondary N) is 1. The second-order valence-corrected chi connectivity index (χ2v) is 9.98. The van der Waals surface area contributed by atoms with Crippen molar-refractivity contribution in [2.24, 2.45) is 16.2 Å². The minimum absolute atomic E-state index is 0.0662. The Morgan fingerprint density at radius 1 is 1.25 bits per heavy atom. The fourth-order valence-corrected chi connectivity index (χ4v) is 5.19. The van der Waals surface area contributed by atoms with Crippen molar-refractivity contribution in [2.75, 3.05) is 13.1 Å². The van der Waals surface area contributed by atoms with Crippen LogP contribution in [0, 0.1) is 11.8 Å². The standard InChI is InChI=1S/C21H31N3O3S/c1-15(2)8-6-9-16(3)22-21(25)17-10-7-13-24(14-17)20-18-11-4-5-12-19(18)28(26,27)23-20/h4-5,11-12,15-17H,6-10,13-14H2,1-3H3,(H,22,25). The van der Waals surface area contributed by atoms with Crippen LogP contribution in [-0.2, 0) is 14.8 Å². The van der Waals surface area contributed by atoms with Gasteiger partial charge in [-0.1, -0.05) is 38.8 Å². The van der Waals surface area contributed by atoms with E-state index in [1.807, 2.05) is 11.0 Å². The number of benzene rings is 1. The zero-order valence-corrected chi connectivity index (χ0v) is 17.8. The second-order valence-electron chi connectivity index (χ2n) is 8.41. The van der Waals surface area contributed by atoms with E-state index in [0.717, 1.165) is 32.2 Å². The van der Waals surface area contributed by atoms with E-state index in [1.165, 1.54) is 6.42 Å². The zero-order valence-electron chi connectivity index (χ0n) is 17.0. The molecule has 0 aliphatic carbocycles. The fourth-order valence-electron chi connectivity index (χ4n) is 3.97. The number of sulfonamides is 1. The van der Waals surface area contributed by atoms with Gasteiger partial charge in [0.1, 0.15) is 4.90 Å². The van der Waals surface area contributed by atoms with Crippen molar-refractivity contribution < 1.29 is 13.2 Å². The maximum absolute atomic E-state index is 12.7. The third-order valence-electron chi connectivity index (χ3n) is 5.51. The van der Waals surface area contributed by atoms with Crippen LogP contribution < -0.4 is 5.32 Å². The summed E-state index contributed by atoms with van der Waals surface area (Å²) < 4.78 is 28.7. The van der Waals surface area contributed by atoms with Crippen LogP contribution in [0.5, 0.6) is 0 Å². The Morgan fingerprint density at radius 2 is 2.00 bits per heavy atom. The Balaban J connectivity index is 1.63. The van der Waals surface area contributed by atoms with Gasteiger partial charge in [-0.2, -0.15) is 8.42 Å². The molecule has 1 amide bonds. The molecule has 1 saturated heterocycles. The molecule has 2 aliphatic heterocycles. The fraction of sp³-hybridized carbons (Fsp3) is 0.619. The van der Waals surface area contributed by atoms with Crippen LogP contribution in [0.3, 0.4) is 0 Å². The molecule has 2 aliphatic rings. The van der Waals surface area contributed by atoms with Crippen LogP contribution in [0.1, 0.15) is 58.4 Å². The lowest BCUT2D eigenvalue weighted by Gasteiger charge is -2.34. The molecule has 154 valence electrons. The summed E-state index contributed by atoms with van der Waals surface area (Å²) >= 11 is 0. The van der Waals surface area contributed by atoms with Gasteiger partial charge in [0.15, 0.2) is 5.84 Å². The summed E-state index contributed by atoms with van der Waals surface area (Å²) in [5, 5.41) is 3.15. The van der Waals surface area contributed by atoms with E-state index in [4.69, 9.17) is 0 Å². The van der Waals surface area contributed by atoms with Crippen molar-refractivity contribution in [2.45, 2.75) is 63.8 Å². The highest BCUT2D eigenvalue weighted by Crippen LogP contribution is 2.29. The lowest BCUT2D eigenvalue weighted by molar-refractivity contribution is -0.126. The molecule has 28 heavy (non-hydrogen) atoms. The summed E-state index contributed by atoms with van der Waals surface area (Å²) in [4.78, 5) is 15.0. The van der Waals surface area contributed by atoms with Gasteiger partial charge in [-0.05, 0) is 44.2 Å². The molecular weight excluding hydrogens is 374 g/mol. The molecular formula is C21H31N3O3S. The van der Waals surface area contributed by atoms with E-state index < -0.39 is 10.0 Å². The van der Waals surface area contributed by atoms with Crippen molar-refractivity contribution in [3.05, 3.63) is 29.8 Å². The van der Waals surface area contributed by atoms with E-state index in [2.05, 4.69) is 30.5 Å². The Labute approximate surface area is 168 Å². The first-order chi connectivity index (χ1) is 13.3. The summed E-state index contributed by atoms with van der Waals surface area (Å²) in [6.07, 6.45) is 4.94. The number of amidine groups is 1. The second kappa shape index (κ2) is 8.64. The molecule has 1 fully saturated rings. The Hall–Kier alpha value is -1.89. The number of rotatable bonds is 6. The average Bonchev–Trinajstić information content (AvgIpc) is 2.93. The number of piperidine rings is 1. The van der Waals surface area contributed by atoms with Gasteiger partial charge >= 0.3 is 0 Å². The quantitative estimate of drug-likeness (QED) is 0.788. The number of carbonyl (C=O) groups is 1. The lowest BCUT2D eigenvalue weighted by atomic mass is 9.95. The number of hydrogen-bond donors (Lipinski definition) is 1. The SMILES string of the molecule is CC(C)CCCC(C)NC(=O)C1CCCN(C2=NS(=O)(=O)c3ccccc32)C1. The van der Waals surface area contributed by atoms with Crippen molar-refractivity contribution in [3.63, 3.8) is 0 Å². The predicted molar refractivity (Wildman–Crippen MR) is 111 cm³/mol. The van der Waals surface area contributed by atoms with Crippen LogP contribution in [0.2, 0.25) is 0 Å². The van der Waals surface area contributed by atoms with Crippen molar-refractivity contribution in [1.29, 1.82) is 0 Å². The number of fused-ring (bicyclic) bond motifs is 1. The molecule has 1 aromatic rings. The van der Waals surface area contributed by atoms with Crippen LogP contribution in [-0.4, -0.2) is 44.2 Å². The maximum Gasteiger partial charge on any atom is 0.285 e. The van der Waals surface area contributed by atoms with Crippen molar-refractivity contribution >= 4 is 21.8 Å². The van der Waals surface area contributed by atoms with Gasteiger partial charge < -0.3 is 10.2 Å². The summed E-state index contributed by atoms with van der Waals surface area (Å²) in [7, 11) is -3.63. The molecule has 7 heteroatoms. The van der Waals surface area contributed by atoms with E-state index in [-0.39, 0.29) is 22.8 Å². The highest BCUT2D eigenvalue weighted by Gasteiger charge is 2.35. The molecule has 0 spiro atoms. The van der Waals surface area contributed by atoms with Gasteiger partial charge in [-0.3, -0.25) is 4.79 Å². The molecule has 2 atom stereocenters. The first kappa shape index (κ1) is 20.8. The van der Waals surface area contributed by atoms with Gasteiger partial charge in [-0.25, -0.2) is 0 Å². The molecule has 1 aromatic carbocycles. The van der Waals surface area contributed by atoms with Crippen molar-refractivity contribution in [3.8, 4) is 0 Å². The van der Waals surface area contributed by atoms with E-state index in [9.17, 15) is 13.2 Å². The number of nitrogens with zero attached hydrogens (tertiary/aromatic N) is 2. The molecule has 2 heterocycles. The van der Waals surface area contributed by atoms with Crippen LogP contribution in [0.15, 0.2) is 33.6 Å². The van der Waals surface area contributed by atoms with Gasteiger partial charge in [0.05, 0.1) is 5.92 Å². The van der Waals surface area contributed by atoms with Gasteiger partial charge in [-0.15, -0.1) is 4.40 Å². The summed E-state index contributed by atoms with van der Waals surface area (Å²) in [5.74, 6) is 1.09. The molecule has 0 saturated carbocycles. The normalized spacial score (nSPS) is 21.9. The first-order valence-corrected chi connectivity index (χ1v) is 11.7. The molecule has 3 rings (SSSR count). The van der Waals surface area contributed by atoms with Crippen molar-refractivity contribution in [1.82, 2.24) is 10.2 Å². The summed E-state index contributed by atoms with van der Waals surface area (Å²) in [6.45, 7) is 7.71.